The second-order valence-corrected chi connectivity index (χ2v) is 7.51. The monoisotopic (exact) mass is 446 g/mol. The summed E-state index contributed by atoms with van der Waals surface area (Å²) in [5.74, 6) is -0.144. The Morgan fingerprint density at radius 1 is 1.22 bits per heavy atom. The Morgan fingerprint density at radius 2 is 1.96 bits per heavy atom. The van der Waals surface area contributed by atoms with Gasteiger partial charge < -0.3 is 5.32 Å². The molecule has 2 heterocycles. The van der Waals surface area contributed by atoms with Crippen LogP contribution < -0.4 is 5.32 Å². The molecule has 0 aliphatic rings. The number of carbonyl (C=O) groups is 1. The minimum Gasteiger partial charge on any atom is -0.345 e. The van der Waals surface area contributed by atoms with Crippen LogP contribution in [0.3, 0.4) is 0 Å². The molecule has 0 saturated heterocycles. The van der Waals surface area contributed by atoms with E-state index in [-0.39, 0.29) is 11.9 Å². The van der Waals surface area contributed by atoms with Crippen LogP contribution in [0.4, 0.5) is 0 Å². The van der Waals surface area contributed by atoms with Crippen LogP contribution in [0.2, 0.25) is 5.02 Å². The van der Waals surface area contributed by atoms with Gasteiger partial charge >= 0.3 is 0 Å². The van der Waals surface area contributed by atoms with Gasteiger partial charge in [-0.15, -0.1) is 0 Å². The summed E-state index contributed by atoms with van der Waals surface area (Å²) in [5.41, 5.74) is 3.17. The van der Waals surface area contributed by atoms with Crippen LogP contribution in [0.1, 0.15) is 47.4 Å². The molecule has 1 amide bonds. The lowest BCUT2D eigenvalue weighted by Crippen LogP contribution is -2.29. The third kappa shape index (κ3) is 4.57. The Hall–Kier alpha value is -2.18. The van der Waals surface area contributed by atoms with Crippen molar-refractivity contribution in [3.05, 3.63) is 75.2 Å². The van der Waals surface area contributed by atoms with Crippen molar-refractivity contribution in [2.45, 2.75) is 32.7 Å². The topological polar surface area (TPSA) is 59.8 Å². The summed E-state index contributed by atoms with van der Waals surface area (Å²) >= 11 is 9.29. The molecule has 1 atom stereocenters. The highest BCUT2D eigenvalue weighted by Gasteiger charge is 2.19. The van der Waals surface area contributed by atoms with E-state index in [1.165, 1.54) is 0 Å². The number of hydrogen-bond acceptors (Lipinski definition) is 3. The van der Waals surface area contributed by atoms with Crippen molar-refractivity contribution in [3.63, 3.8) is 0 Å². The van der Waals surface area contributed by atoms with Crippen LogP contribution in [0.15, 0.2) is 53.4 Å². The summed E-state index contributed by atoms with van der Waals surface area (Å²) in [4.78, 5) is 17.1. The maximum absolute atomic E-state index is 12.9. The predicted molar refractivity (Wildman–Crippen MR) is 110 cm³/mol. The summed E-state index contributed by atoms with van der Waals surface area (Å²) in [6.07, 6.45) is 5.17. The second-order valence-electron chi connectivity index (χ2n) is 6.26. The number of benzene rings is 1. The van der Waals surface area contributed by atoms with Gasteiger partial charge in [0.15, 0.2) is 0 Å². The van der Waals surface area contributed by atoms with E-state index in [2.05, 4.69) is 38.3 Å². The zero-order valence-corrected chi connectivity index (χ0v) is 17.5. The molecule has 0 bridgehead atoms. The van der Waals surface area contributed by atoms with E-state index in [0.717, 1.165) is 34.4 Å². The average molecular weight is 448 g/mol. The van der Waals surface area contributed by atoms with E-state index < -0.39 is 0 Å². The molecule has 3 rings (SSSR count). The molecule has 2 aromatic heterocycles. The zero-order valence-electron chi connectivity index (χ0n) is 15.1. The van der Waals surface area contributed by atoms with Gasteiger partial charge in [0.1, 0.15) is 4.60 Å². The summed E-state index contributed by atoms with van der Waals surface area (Å²) in [6, 6.07) is 11.1. The molecule has 0 aliphatic heterocycles. The number of amides is 1. The highest BCUT2D eigenvalue weighted by atomic mass is 79.9. The van der Waals surface area contributed by atoms with E-state index in [9.17, 15) is 4.79 Å². The first kappa shape index (κ1) is 19.6. The van der Waals surface area contributed by atoms with E-state index in [1.54, 1.807) is 29.2 Å². The second kappa shape index (κ2) is 8.67. The molecule has 1 N–H and O–H groups in total. The number of aromatic nitrogens is 3. The van der Waals surface area contributed by atoms with Gasteiger partial charge in [-0.1, -0.05) is 31.0 Å². The van der Waals surface area contributed by atoms with Crippen molar-refractivity contribution in [3.8, 4) is 5.69 Å². The van der Waals surface area contributed by atoms with Gasteiger partial charge in [0.2, 0.25) is 0 Å². The van der Waals surface area contributed by atoms with Gasteiger partial charge in [-0.2, -0.15) is 5.10 Å². The summed E-state index contributed by atoms with van der Waals surface area (Å²) in [7, 11) is 0. The molecular formula is C20H20BrClN4O. The molecule has 0 fully saturated rings. The molecule has 7 heteroatoms. The number of carbonyl (C=O) groups excluding carboxylic acids is 1. The zero-order chi connectivity index (χ0) is 19.4. The smallest absolute Gasteiger partial charge is 0.255 e. The van der Waals surface area contributed by atoms with Gasteiger partial charge in [0.05, 0.1) is 29.2 Å². The summed E-state index contributed by atoms with van der Waals surface area (Å²) < 4.78 is 2.51. The Bertz CT molecular complexity index is 922. The van der Waals surface area contributed by atoms with Crippen LogP contribution in [-0.2, 0) is 0 Å². The van der Waals surface area contributed by atoms with Crippen LogP contribution in [0.5, 0.6) is 0 Å². The van der Waals surface area contributed by atoms with Crippen molar-refractivity contribution in [2.75, 3.05) is 0 Å². The lowest BCUT2D eigenvalue weighted by molar-refractivity contribution is 0.0933. The molecule has 0 saturated carbocycles. The molecule has 1 unspecified atom stereocenters. The maximum Gasteiger partial charge on any atom is 0.255 e. The van der Waals surface area contributed by atoms with Gasteiger partial charge in [-0.05, 0) is 65.2 Å². The Morgan fingerprint density at radius 3 is 2.59 bits per heavy atom. The molecule has 1 aromatic carbocycles. The number of pyridine rings is 1. The van der Waals surface area contributed by atoms with Crippen LogP contribution >= 0.6 is 27.5 Å². The van der Waals surface area contributed by atoms with Gasteiger partial charge in [0, 0.05) is 11.2 Å². The van der Waals surface area contributed by atoms with Crippen molar-refractivity contribution in [1.82, 2.24) is 20.1 Å². The van der Waals surface area contributed by atoms with E-state index in [4.69, 9.17) is 11.6 Å². The first-order chi connectivity index (χ1) is 13.0. The van der Waals surface area contributed by atoms with E-state index in [1.807, 2.05) is 31.2 Å². The minimum atomic E-state index is -0.144. The van der Waals surface area contributed by atoms with Crippen LogP contribution in [0.25, 0.3) is 5.69 Å². The molecule has 0 aliphatic carbocycles. The molecule has 0 spiro atoms. The predicted octanol–water partition coefficient (Wildman–Crippen LogP) is 5.26. The maximum atomic E-state index is 12.9. The molecule has 5 nitrogen and oxygen atoms in total. The largest absolute Gasteiger partial charge is 0.345 e. The quantitative estimate of drug-likeness (QED) is 0.524. The van der Waals surface area contributed by atoms with Crippen molar-refractivity contribution in [2.24, 2.45) is 0 Å². The Labute approximate surface area is 171 Å². The van der Waals surface area contributed by atoms with Gasteiger partial charge in [-0.25, -0.2) is 9.67 Å². The fourth-order valence-electron chi connectivity index (χ4n) is 2.92. The molecule has 27 heavy (non-hydrogen) atoms. The molecular weight excluding hydrogens is 428 g/mol. The van der Waals surface area contributed by atoms with Gasteiger partial charge in [0.25, 0.3) is 5.91 Å². The lowest BCUT2D eigenvalue weighted by Gasteiger charge is -2.18. The number of nitrogens with zero attached hydrogens (tertiary/aromatic N) is 3. The number of hydrogen-bond donors (Lipinski definition) is 1. The Balaban J connectivity index is 1.82. The van der Waals surface area contributed by atoms with Crippen molar-refractivity contribution in [1.29, 1.82) is 0 Å². The fraction of sp³-hybridized carbons (Fsp3) is 0.250. The fourth-order valence-corrected chi connectivity index (χ4v) is 3.28. The average Bonchev–Trinajstić information content (AvgIpc) is 3.04. The standard InChI is InChI=1S/C20H20BrClN4O/c1-3-4-18(14-5-10-19(21)23-11-14)25-20(27)17-12-24-26(13(17)2)16-8-6-15(22)7-9-16/h5-12,18H,3-4H2,1-2H3,(H,25,27). The highest BCUT2D eigenvalue weighted by molar-refractivity contribution is 9.10. The van der Waals surface area contributed by atoms with E-state index >= 15 is 0 Å². The van der Waals surface area contributed by atoms with E-state index in [0.29, 0.717) is 10.6 Å². The number of rotatable bonds is 6. The number of nitrogens with one attached hydrogen (secondary N) is 1. The molecule has 0 radical (unpaired) electrons. The normalized spacial score (nSPS) is 12.0. The van der Waals surface area contributed by atoms with Gasteiger partial charge in [-0.3, -0.25) is 4.79 Å². The minimum absolute atomic E-state index is 0.0959. The SMILES string of the molecule is CCCC(NC(=O)c1cnn(-c2ccc(Cl)cc2)c1C)c1ccc(Br)nc1. The third-order valence-electron chi connectivity index (χ3n) is 4.36. The first-order valence-electron chi connectivity index (χ1n) is 8.72. The van der Waals surface area contributed by atoms with Crippen molar-refractivity contribution < 1.29 is 4.79 Å². The molecule has 3 aromatic rings. The first-order valence-corrected chi connectivity index (χ1v) is 9.89. The summed E-state index contributed by atoms with van der Waals surface area (Å²) in [6.45, 7) is 3.97. The Kier molecular flexibility index (Phi) is 6.29. The number of halogens is 2. The highest BCUT2D eigenvalue weighted by Crippen LogP contribution is 2.21. The van der Waals surface area contributed by atoms with Crippen molar-refractivity contribution >= 4 is 33.4 Å². The summed E-state index contributed by atoms with van der Waals surface area (Å²) in [5, 5.41) is 8.14. The van der Waals surface area contributed by atoms with Crippen LogP contribution in [0, 0.1) is 6.92 Å². The molecule has 140 valence electrons. The lowest BCUT2D eigenvalue weighted by atomic mass is 10.0. The third-order valence-corrected chi connectivity index (χ3v) is 5.08. The van der Waals surface area contributed by atoms with Crippen LogP contribution in [-0.4, -0.2) is 20.7 Å².